The minimum absolute atomic E-state index is 0.168. The summed E-state index contributed by atoms with van der Waals surface area (Å²) in [5.41, 5.74) is 2.54. The average molecular weight is 398 g/mol. The van der Waals surface area contributed by atoms with Crippen molar-refractivity contribution in [3.63, 3.8) is 0 Å². The maximum Gasteiger partial charge on any atom is 0.123 e. The van der Waals surface area contributed by atoms with Gasteiger partial charge in [-0.3, -0.25) is 4.90 Å². The lowest BCUT2D eigenvalue weighted by atomic mass is 9.95. The van der Waals surface area contributed by atoms with Gasteiger partial charge in [-0.05, 0) is 62.2 Å². The number of rotatable bonds is 8. The molecule has 1 N–H and O–H groups in total. The normalized spacial score (nSPS) is 15.3. The van der Waals surface area contributed by atoms with E-state index in [9.17, 15) is 4.39 Å². The highest BCUT2D eigenvalue weighted by Gasteiger charge is 2.19. The Bertz CT molecular complexity index is 679. The number of nitrogens with one attached hydrogen (secondary N) is 1. The molecule has 3 nitrogen and oxygen atoms in total. The summed E-state index contributed by atoms with van der Waals surface area (Å²) in [6.07, 6.45) is 4.13. The van der Waals surface area contributed by atoms with Gasteiger partial charge in [-0.1, -0.05) is 43.3 Å². The first-order valence-corrected chi connectivity index (χ1v) is 10.7. The zero-order chi connectivity index (χ0) is 20.9. The van der Waals surface area contributed by atoms with Crippen LogP contribution in [0, 0.1) is 5.82 Å². The summed E-state index contributed by atoms with van der Waals surface area (Å²) in [5, 5.41) is 3.33. The first-order valence-electron chi connectivity index (χ1n) is 10.7. The monoisotopic (exact) mass is 397 g/mol. The Morgan fingerprint density at radius 3 is 2.21 bits per heavy atom. The summed E-state index contributed by atoms with van der Waals surface area (Å²) in [6, 6.07) is 17.6. The van der Waals surface area contributed by atoms with E-state index in [1.165, 1.54) is 12.0 Å². The molecular formula is C25H36FN3. The minimum Gasteiger partial charge on any atom is -0.369 e. The average Bonchev–Trinajstić information content (AvgIpc) is 2.78. The lowest BCUT2D eigenvalue weighted by molar-refractivity contribution is 0.247. The van der Waals surface area contributed by atoms with E-state index in [1.807, 2.05) is 25.3 Å². The first kappa shape index (κ1) is 23.1. The minimum atomic E-state index is -0.168. The second kappa shape index (κ2) is 13.1. The van der Waals surface area contributed by atoms with E-state index >= 15 is 0 Å². The summed E-state index contributed by atoms with van der Waals surface area (Å²) in [7, 11) is 2.03. The molecule has 29 heavy (non-hydrogen) atoms. The van der Waals surface area contributed by atoms with Crippen LogP contribution in [0.5, 0.6) is 0 Å². The smallest absolute Gasteiger partial charge is 0.123 e. The Morgan fingerprint density at radius 1 is 1.03 bits per heavy atom. The van der Waals surface area contributed by atoms with E-state index in [0.717, 1.165) is 51.4 Å². The van der Waals surface area contributed by atoms with Gasteiger partial charge in [-0.25, -0.2) is 4.39 Å². The highest BCUT2D eigenvalue weighted by molar-refractivity contribution is 5.46. The molecule has 0 spiro atoms. The lowest BCUT2D eigenvalue weighted by Crippen LogP contribution is -2.47. The molecular weight excluding hydrogens is 361 g/mol. The van der Waals surface area contributed by atoms with Gasteiger partial charge in [0, 0.05) is 38.4 Å². The molecule has 0 aromatic heterocycles. The number of halogens is 1. The van der Waals surface area contributed by atoms with Gasteiger partial charge in [0.2, 0.25) is 0 Å². The van der Waals surface area contributed by atoms with Crippen molar-refractivity contribution in [1.29, 1.82) is 0 Å². The van der Waals surface area contributed by atoms with Crippen LogP contribution in [0.1, 0.15) is 31.2 Å². The number of allylic oxidation sites excluding steroid dienone is 1. The van der Waals surface area contributed by atoms with Gasteiger partial charge in [0.1, 0.15) is 5.82 Å². The molecule has 1 aliphatic rings. The quantitative estimate of drug-likeness (QED) is 0.638. The standard InChI is InChI=1S/C21H28FN3.C4H8/c1-23-17-19(18-5-3-2-4-6-18)11-12-24-13-15-25(16-14-24)21-9-7-20(22)8-10-21;1-3-4-2/h2-10,19,23H,11-17H2,1H3;3H,1,4H2,2H3. The molecule has 1 unspecified atom stereocenters. The van der Waals surface area contributed by atoms with Crippen molar-refractivity contribution in [3.8, 4) is 0 Å². The summed E-state index contributed by atoms with van der Waals surface area (Å²) >= 11 is 0. The van der Waals surface area contributed by atoms with Gasteiger partial charge in [0.25, 0.3) is 0 Å². The van der Waals surface area contributed by atoms with Crippen molar-refractivity contribution in [1.82, 2.24) is 10.2 Å². The molecule has 3 rings (SSSR count). The Labute approximate surface area is 176 Å². The molecule has 2 aromatic rings. The van der Waals surface area contributed by atoms with E-state index < -0.39 is 0 Å². The number of hydrogen-bond donors (Lipinski definition) is 1. The molecule has 1 fully saturated rings. The van der Waals surface area contributed by atoms with Gasteiger partial charge in [0.05, 0.1) is 0 Å². The molecule has 0 aliphatic carbocycles. The number of piperazine rings is 1. The summed E-state index contributed by atoms with van der Waals surface area (Å²) in [6.45, 7) is 11.8. The van der Waals surface area contributed by atoms with E-state index in [2.05, 4.69) is 59.0 Å². The van der Waals surface area contributed by atoms with Crippen LogP contribution < -0.4 is 10.2 Å². The molecule has 0 amide bonds. The molecule has 0 radical (unpaired) electrons. The molecule has 4 heteroatoms. The van der Waals surface area contributed by atoms with E-state index in [0.29, 0.717) is 5.92 Å². The molecule has 1 heterocycles. The van der Waals surface area contributed by atoms with Crippen LogP contribution in [0.25, 0.3) is 0 Å². The van der Waals surface area contributed by atoms with Gasteiger partial charge >= 0.3 is 0 Å². The number of benzene rings is 2. The highest BCUT2D eigenvalue weighted by Crippen LogP contribution is 2.21. The number of hydrogen-bond acceptors (Lipinski definition) is 3. The van der Waals surface area contributed by atoms with E-state index in [-0.39, 0.29) is 5.82 Å². The largest absolute Gasteiger partial charge is 0.369 e. The van der Waals surface area contributed by atoms with Gasteiger partial charge in [-0.2, -0.15) is 0 Å². The third kappa shape index (κ3) is 8.00. The van der Waals surface area contributed by atoms with Gasteiger partial charge in [0.15, 0.2) is 0 Å². The third-order valence-electron chi connectivity index (χ3n) is 5.37. The maximum atomic E-state index is 13.1. The van der Waals surface area contributed by atoms with Crippen LogP contribution >= 0.6 is 0 Å². The molecule has 1 atom stereocenters. The van der Waals surface area contributed by atoms with Gasteiger partial charge in [-0.15, -0.1) is 6.58 Å². The Hall–Kier alpha value is -2.17. The van der Waals surface area contributed by atoms with Crippen molar-refractivity contribution >= 4 is 5.69 Å². The fourth-order valence-electron chi connectivity index (χ4n) is 3.58. The predicted octanol–water partition coefficient (Wildman–Crippen LogP) is 4.92. The van der Waals surface area contributed by atoms with E-state index in [1.54, 1.807) is 12.1 Å². The molecule has 2 aromatic carbocycles. The zero-order valence-corrected chi connectivity index (χ0v) is 18.0. The Morgan fingerprint density at radius 2 is 1.66 bits per heavy atom. The van der Waals surface area contributed by atoms with Crippen molar-refractivity contribution in [2.45, 2.75) is 25.7 Å². The summed E-state index contributed by atoms with van der Waals surface area (Å²) < 4.78 is 13.1. The van der Waals surface area contributed by atoms with Crippen LogP contribution in [-0.2, 0) is 0 Å². The van der Waals surface area contributed by atoms with Crippen molar-refractivity contribution in [3.05, 3.63) is 78.6 Å². The third-order valence-corrected chi connectivity index (χ3v) is 5.37. The molecule has 158 valence electrons. The number of likely N-dealkylation sites (N-methyl/N-ethyl adjacent to an activating group) is 1. The van der Waals surface area contributed by atoms with E-state index in [4.69, 9.17) is 0 Å². The van der Waals surface area contributed by atoms with Crippen molar-refractivity contribution in [2.24, 2.45) is 0 Å². The topological polar surface area (TPSA) is 18.5 Å². The van der Waals surface area contributed by atoms with Crippen molar-refractivity contribution < 1.29 is 4.39 Å². The molecule has 1 saturated heterocycles. The summed E-state index contributed by atoms with van der Waals surface area (Å²) in [5.74, 6) is 0.389. The molecule has 0 bridgehead atoms. The highest BCUT2D eigenvalue weighted by atomic mass is 19.1. The zero-order valence-electron chi connectivity index (χ0n) is 18.0. The predicted molar refractivity (Wildman–Crippen MR) is 123 cm³/mol. The first-order chi connectivity index (χ1) is 14.2. The number of anilines is 1. The van der Waals surface area contributed by atoms with Crippen LogP contribution in [-0.4, -0.2) is 51.2 Å². The molecule has 1 aliphatic heterocycles. The Balaban J connectivity index is 0.000000687. The van der Waals surface area contributed by atoms with Crippen LogP contribution in [0.4, 0.5) is 10.1 Å². The second-order valence-electron chi connectivity index (χ2n) is 7.46. The fraction of sp³-hybridized carbons (Fsp3) is 0.440. The fourth-order valence-corrected chi connectivity index (χ4v) is 3.58. The van der Waals surface area contributed by atoms with Gasteiger partial charge < -0.3 is 10.2 Å². The number of nitrogens with zero attached hydrogens (tertiary/aromatic N) is 2. The van der Waals surface area contributed by atoms with Crippen LogP contribution in [0.15, 0.2) is 67.3 Å². The summed E-state index contributed by atoms with van der Waals surface area (Å²) in [4.78, 5) is 4.89. The lowest BCUT2D eigenvalue weighted by Gasteiger charge is -2.36. The van der Waals surface area contributed by atoms with Crippen LogP contribution in [0.3, 0.4) is 0 Å². The van der Waals surface area contributed by atoms with Crippen LogP contribution in [0.2, 0.25) is 0 Å². The van der Waals surface area contributed by atoms with Crippen molar-refractivity contribution in [2.75, 3.05) is 51.2 Å². The second-order valence-corrected chi connectivity index (χ2v) is 7.46. The maximum absolute atomic E-state index is 13.1. The SMILES string of the molecule is C=CCC.CNCC(CCN1CCN(c2ccc(F)cc2)CC1)c1ccccc1. The Kier molecular flexibility index (Phi) is 10.5. The molecule has 0 saturated carbocycles.